The zero-order chi connectivity index (χ0) is 19.4. The number of nitrogens with zero attached hydrogens (tertiary/aromatic N) is 1. The fourth-order valence-electron chi connectivity index (χ4n) is 4.12. The molecule has 2 aliphatic rings. The summed E-state index contributed by atoms with van der Waals surface area (Å²) in [6.45, 7) is 0.826. The average molecular weight is 437 g/mol. The summed E-state index contributed by atoms with van der Waals surface area (Å²) in [5, 5.41) is 3.59. The first-order valence-electron chi connectivity index (χ1n) is 10.2. The summed E-state index contributed by atoms with van der Waals surface area (Å²) in [7, 11) is -3.65. The standard InChI is InChI=1S/C22H28N2O3S.ClH/c25-28(26)22(16-9-17-23-18-10-3-1-4-11-18)27-21-15-8-7-14-20(21)24(28)19-12-5-2-6-13-19;/h2,5-8,12-15,18,22-23H,1,3-4,9-11,16-17H2;1H. The molecule has 1 aliphatic carbocycles. The molecule has 1 saturated carbocycles. The molecule has 4 rings (SSSR count). The summed E-state index contributed by atoms with van der Waals surface area (Å²) in [6, 6.07) is 17.2. The second-order valence-electron chi connectivity index (χ2n) is 7.59. The molecule has 158 valence electrons. The van der Waals surface area contributed by atoms with Crippen molar-refractivity contribution in [1.82, 2.24) is 5.32 Å². The number of ether oxygens (including phenoxy) is 1. The number of fused-ring (bicyclic) bond motifs is 1. The van der Waals surface area contributed by atoms with Gasteiger partial charge in [-0.3, -0.25) is 0 Å². The topological polar surface area (TPSA) is 58.6 Å². The van der Waals surface area contributed by atoms with Crippen molar-refractivity contribution < 1.29 is 13.2 Å². The zero-order valence-corrected chi connectivity index (χ0v) is 18.1. The van der Waals surface area contributed by atoms with Gasteiger partial charge in [0.1, 0.15) is 5.75 Å². The highest BCUT2D eigenvalue weighted by Gasteiger charge is 2.40. The minimum absolute atomic E-state index is 0. The molecule has 5 nitrogen and oxygen atoms in total. The molecule has 2 aromatic rings. The number of hydrogen-bond acceptors (Lipinski definition) is 4. The quantitative estimate of drug-likeness (QED) is 0.647. The van der Waals surface area contributed by atoms with Crippen LogP contribution >= 0.6 is 12.4 Å². The zero-order valence-electron chi connectivity index (χ0n) is 16.5. The Bertz CT molecular complexity index is 886. The highest BCUT2D eigenvalue weighted by atomic mass is 35.5. The van der Waals surface area contributed by atoms with E-state index in [0.29, 0.717) is 29.6 Å². The minimum Gasteiger partial charge on any atom is -0.470 e. The van der Waals surface area contributed by atoms with Gasteiger partial charge in [-0.2, -0.15) is 0 Å². The van der Waals surface area contributed by atoms with Crippen LogP contribution in [0.3, 0.4) is 0 Å². The van der Waals surface area contributed by atoms with Crippen LogP contribution in [0.2, 0.25) is 0 Å². The molecule has 1 fully saturated rings. The molecule has 0 bridgehead atoms. The third kappa shape index (κ3) is 4.87. The van der Waals surface area contributed by atoms with Gasteiger partial charge < -0.3 is 10.1 Å². The van der Waals surface area contributed by atoms with Crippen LogP contribution in [0.25, 0.3) is 0 Å². The third-order valence-corrected chi connectivity index (χ3v) is 7.49. The lowest BCUT2D eigenvalue weighted by molar-refractivity contribution is 0.252. The SMILES string of the molecule is Cl.O=S1(=O)C(CCCNC2CCCCC2)Oc2ccccc2N1c1ccccc1. The van der Waals surface area contributed by atoms with Crippen LogP contribution in [-0.2, 0) is 10.0 Å². The Morgan fingerprint density at radius 1 is 0.966 bits per heavy atom. The van der Waals surface area contributed by atoms with Crippen molar-refractivity contribution in [1.29, 1.82) is 0 Å². The Kier molecular flexibility index (Phi) is 7.44. The number of sulfonamides is 1. The molecule has 1 unspecified atom stereocenters. The van der Waals surface area contributed by atoms with Gasteiger partial charge in [0.15, 0.2) is 0 Å². The number of hydrogen-bond donors (Lipinski definition) is 1. The van der Waals surface area contributed by atoms with Crippen molar-refractivity contribution in [3.63, 3.8) is 0 Å². The molecule has 2 aromatic carbocycles. The molecule has 7 heteroatoms. The van der Waals surface area contributed by atoms with E-state index in [1.165, 1.54) is 36.4 Å². The summed E-state index contributed by atoms with van der Waals surface area (Å²) >= 11 is 0. The van der Waals surface area contributed by atoms with E-state index in [4.69, 9.17) is 4.74 Å². The highest BCUT2D eigenvalue weighted by Crippen LogP contribution is 2.42. The van der Waals surface area contributed by atoms with Gasteiger partial charge >= 0.3 is 0 Å². The molecule has 1 atom stereocenters. The van der Waals surface area contributed by atoms with Gasteiger partial charge in [0.05, 0.1) is 11.4 Å². The predicted octanol–water partition coefficient (Wildman–Crippen LogP) is 5.00. The van der Waals surface area contributed by atoms with Crippen LogP contribution in [0.4, 0.5) is 11.4 Å². The molecular formula is C22H29ClN2O3S. The second-order valence-corrected chi connectivity index (χ2v) is 9.51. The lowest BCUT2D eigenvalue weighted by Gasteiger charge is -2.35. The first-order chi connectivity index (χ1) is 13.7. The van der Waals surface area contributed by atoms with Crippen LogP contribution < -0.4 is 14.4 Å². The molecule has 1 aliphatic heterocycles. The molecular weight excluding hydrogens is 408 g/mol. The number of benzene rings is 2. The number of halogens is 1. The van der Waals surface area contributed by atoms with Gasteiger partial charge in [-0.25, -0.2) is 12.7 Å². The Hall–Kier alpha value is -1.76. The first-order valence-corrected chi connectivity index (χ1v) is 11.7. The van der Waals surface area contributed by atoms with Crippen LogP contribution in [0.1, 0.15) is 44.9 Å². The second kappa shape index (κ2) is 9.83. The van der Waals surface area contributed by atoms with Gasteiger partial charge in [-0.15, -0.1) is 12.4 Å². The van der Waals surface area contributed by atoms with Crippen LogP contribution in [0, 0.1) is 0 Å². The highest BCUT2D eigenvalue weighted by molar-refractivity contribution is 7.93. The van der Waals surface area contributed by atoms with Gasteiger partial charge in [0.25, 0.3) is 10.0 Å². The van der Waals surface area contributed by atoms with E-state index in [2.05, 4.69) is 5.32 Å². The van der Waals surface area contributed by atoms with E-state index in [-0.39, 0.29) is 12.4 Å². The number of anilines is 2. The smallest absolute Gasteiger partial charge is 0.277 e. The van der Waals surface area contributed by atoms with Gasteiger partial charge in [0.2, 0.25) is 5.44 Å². The van der Waals surface area contributed by atoms with Crippen molar-refractivity contribution in [2.45, 2.75) is 56.4 Å². The van der Waals surface area contributed by atoms with E-state index in [0.717, 1.165) is 13.0 Å². The van der Waals surface area contributed by atoms with Crippen molar-refractivity contribution >= 4 is 33.8 Å². The van der Waals surface area contributed by atoms with Crippen LogP contribution in [0.5, 0.6) is 5.75 Å². The van der Waals surface area contributed by atoms with E-state index < -0.39 is 15.5 Å². The summed E-state index contributed by atoms with van der Waals surface area (Å²) < 4.78 is 34.1. The van der Waals surface area contributed by atoms with E-state index in [1.807, 2.05) is 48.5 Å². The molecule has 0 amide bonds. The summed E-state index contributed by atoms with van der Waals surface area (Å²) in [5.74, 6) is 0.617. The molecule has 29 heavy (non-hydrogen) atoms. The maximum absolute atomic E-state index is 13.4. The molecule has 0 radical (unpaired) electrons. The largest absolute Gasteiger partial charge is 0.470 e. The van der Waals surface area contributed by atoms with Crippen LogP contribution in [0.15, 0.2) is 54.6 Å². The molecule has 1 heterocycles. The lowest BCUT2D eigenvalue weighted by atomic mass is 9.95. The Morgan fingerprint density at radius 2 is 1.66 bits per heavy atom. The molecule has 0 spiro atoms. The molecule has 0 aromatic heterocycles. The predicted molar refractivity (Wildman–Crippen MR) is 120 cm³/mol. The van der Waals surface area contributed by atoms with Crippen LogP contribution in [-0.4, -0.2) is 26.4 Å². The normalized spacial score (nSPS) is 21.0. The molecule has 1 N–H and O–H groups in total. The fraction of sp³-hybridized carbons (Fsp3) is 0.455. The molecule has 0 saturated heterocycles. The Labute approximate surface area is 179 Å². The lowest BCUT2D eigenvalue weighted by Crippen LogP contribution is -2.43. The number of para-hydroxylation sites is 3. The number of rotatable bonds is 6. The number of nitrogens with one attached hydrogen (secondary N) is 1. The Morgan fingerprint density at radius 3 is 2.41 bits per heavy atom. The minimum atomic E-state index is -3.65. The van der Waals surface area contributed by atoms with Gasteiger partial charge in [-0.1, -0.05) is 49.6 Å². The maximum atomic E-state index is 13.4. The Balaban J connectivity index is 0.00000240. The van der Waals surface area contributed by atoms with Gasteiger partial charge in [0, 0.05) is 12.5 Å². The van der Waals surface area contributed by atoms with Gasteiger partial charge in [-0.05, 0) is 50.1 Å². The van der Waals surface area contributed by atoms with Crippen molar-refractivity contribution in [3.05, 3.63) is 54.6 Å². The van der Waals surface area contributed by atoms with E-state index in [1.54, 1.807) is 6.07 Å². The maximum Gasteiger partial charge on any atom is 0.277 e. The summed E-state index contributed by atoms with van der Waals surface area (Å²) in [6.07, 6.45) is 7.62. The van der Waals surface area contributed by atoms with Crippen molar-refractivity contribution in [3.8, 4) is 5.75 Å². The fourth-order valence-corrected chi connectivity index (χ4v) is 5.89. The average Bonchev–Trinajstić information content (AvgIpc) is 2.72. The van der Waals surface area contributed by atoms with E-state index >= 15 is 0 Å². The summed E-state index contributed by atoms with van der Waals surface area (Å²) in [4.78, 5) is 0. The van der Waals surface area contributed by atoms with Crippen molar-refractivity contribution in [2.24, 2.45) is 0 Å². The van der Waals surface area contributed by atoms with Crippen molar-refractivity contribution in [2.75, 3.05) is 10.8 Å². The monoisotopic (exact) mass is 436 g/mol. The summed E-state index contributed by atoms with van der Waals surface area (Å²) in [5.41, 5.74) is 0.352. The first kappa shape index (κ1) is 21.9. The third-order valence-electron chi connectivity index (χ3n) is 5.57. The van der Waals surface area contributed by atoms with E-state index in [9.17, 15) is 8.42 Å².